The van der Waals surface area contributed by atoms with Crippen molar-refractivity contribution in [1.82, 2.24) is 15.0 Å². The zero-order chi connectivity index (χ0) is 71.0. The normalized spacial score (nSPS) is 14.0. The van der Waals surface area contributed by atoms with Gasteiger partial charge in [-0.05, 0) is 221 Å². The first-order valence-electron chi connectivity index (χ1n) is 36.2. The highest BCUT2D eigenvalue weighted by atomic mass is 15.2. The zero-order valence-electron chi connectivity index (χ0n) is 63.6. The van der Waals surface area contributed by atoms with Crippen molar-refractivity contribution in [3.63, 3.8) is 0 Å². The van der Waals surface area contributed by atoms with Crippen LogP contribution in [0.4, 0.5) is 34.1 Å². The molecule has 0 spiro atoms. The third-order valence-corrected chi connectivity index (χ3v) is 21.3. The largest absolute Gasteiger partial charge is 0.311 e. The van der Waals surface area contributed by atoms with E-state index in [4.69, 9.17) is 15.0 Å². The zero-order valence-corrected chi connectivity index (χ0v) is 63.6. The Bertz CT molecular complexity index is 4850. The van der Waals surface area contributed by atoms with Gasteiger partial charge in [0.2, 0.25) is 0 Å². The van der Waals surface area contributed by atoms with Gasteiger partial charge in [-0.3, -0.25) is 0 Å². The summed E-state index contributed by atoms with van der Waals surface area (Å²) in [6.45, 7) is 55.9. The molecule has 2 aliphatic heterocycles. The average Bonchev–Trinajstić information content (AvgIpc) is 0.683. The summed E-state index contributed by atoms with van der Waals surface area (Å²) in [7, 11) is 0. The maximum atomic E-state index is 5.93. The molecule has 1 aromatic heterocycles. The molecule has 0 radical (unpaired) electrons. The van der Waals surface area contributed by atoms with Crippen molar-refractivity contribution in [1.29, 1.82) is 0 Å². The SMILES string of the molecule is CC(C)(C)c1cc(-c2nc(-c3cc(C(C)(C)C)cc(C(C)(C)C)c3)nc(-c3cc4c5c(c3)N(c3cc(C(C)(C)C)cc(C(C)(C)C)c3)c3c(ccc6cc7ccccc7cc36)B5c3ccc5cc6ccccc6cc5c3N4c3cc(C(C)(C)C)cc(C(C)(C)C)c3)n2)cc(C(C)(C)C)c1. The number of hydrogen-bond acceptors (Lipinski definition) is 5. The Morgan fingerprint density at radius 1 is 0.253 bits per heavy atom. The second kappa shape index (κ2) is 22.8. The quantitative estimate of drug-likeness (QED) is 0.127. The van der Waals surface area contributed by atoms with Gasteiger partial charge in [0.05, 0.1) is 0 Å². The molecular formula is C93H102BN5. The Kier molecular flexibility index (Phi) is 15.5. The van der Waals surface area contributed by atoms with Crippen LogP contribution >= 0.6 is 0 Å². The number of rotatable bonds is 5. The first kappa shape index (κ1) is 67.3. The predicted molar refractivity (Wildman–Crippen MR) is 430 cm³/mol. The number of aromatic nitrogens is 3. The first-order chi connectivity index (χ1) is 46.1. The summed E-state index contributed by atoms with van der Waals surface area (Å²) in [4.78, 5) is 22.9. The molecular weight excluding hydrogens is 1200 g/mol. The summed E-state index contributed by atoms with van der Waals surface area (Å²) >= 11 is 0. The van der Waals surface area contributed by atoms with Crippen molar-refractivity contribution in [2.24, 2.45) is 0 Å². The summed E-state index contributed by atoms with van der Waals surface area (Å²) in [5.41, 5.74) is 22.2. The van der Waals surface area contributed by atoms with E-state index in [-0.39, 0.29) is 50.0 Å². The molecule has 0 saturated heterocycles. The lowest BCUT2D eigenvalue weighted by atomic mass is 9.33. The molecule has 2 aliphatic rings. The number of benzene rings is 11. The van der Waals surface area contributed by atoms with E-state index in [1.807, 2.05) is 0 Å². The summed E-state index contributed by atoms with van der Waals surface area (Å²) in [6, 6.07) is 71.3. The standard InChI is InChI=1S/C93H102BN5/c1-86(2,3)64-39-61(40-65(47-64)87(4,5)6)83-95-84(62-41-66(88(7,8)9)48-67(42-62)89(10,11)12)97-85(96-83)63-45-78-80-79(46-63)99(73-53-70(92(19,20)21)50-71(54-73)93(22,23)24)82-75-44-58-32-28-26-30-56(58)38-60(75)34-36-77(82)94(80)76-35-33-59-37-55-29-25-27-31-57(55)43-74(59)81(76)98(78)72-51-68(90(13,14)15)49-69(52-72)91(16,17)18/h25-54H,1-24H3. The molecule has 12 aromatic rings. The van der Waals surface area contributed by atoms with Gasteiger partial charge in [-0.25, -0.2) is 15.0 Å². The minimum absolute atomic E-state index is 0.157. The highest BCUT2D eigenvalue weighted by Crippen LogP contribution is 2.52. The molecule has 0 N–H and O–H groups in total. The fourth-order valence-electron chi connectivity index (χ4n) is 14.9. The molecule has 0 aliphatic carbocycles. The fourth-order valence-corrected chi connectivity index (χ4v) is 14.9. The van der Waals surface area contributed by atoms with Gasteiger partial charge in [0.15, 0.2) is 17.5 Å². The Balaban J connectivity index is 1.21. The molecule has 6 heteroatoms. The van der Waals surface area contributed by atoms with Crippen LogP contribution in [0.3, 0.4) is 0 Å². The van der Waals surface area contributed by atoms with Gasteiger partial charge in [0.25, 0.3) is 6.71 Å². The van der Waals surface area contributed by atoms with E-state index in [0.717, 1.165) is 39.4 Å². The highest BCUT2D eigenvalue weighted by Gasteiger charge is 2.46. The van der Waals surface area contributed by atoms with Crippen LogP contribution in [0.5, 0.6) is 0 Å². The monoisotopic (exact) mass is 1300 g/mol. The van der Waals surface area contributed by atoms with Crippen LogP contribution in [-0.4, -0.2) is 21.7 Å². The number of anilines is 6. The molecule has 3 heterocycles. The van der Waals surface area contributed by atoms with E-state index < -0.39 is 0 Å². The van der Waals surface area contributed by atoms with Gasteiger partial charge in [0.1, 0.15) is 0 Å². The molecule has 0 amide bonds. The molecule has 0 unspecified atom stereocenters. The van der Waals surface area contributed by atoms with E-state index >= 15 is 0 Å². The smallest absolute Gasteiger partial charge is 0.252 e. The molecule has 5 nitrogen and oxygen atoms in total. The summed E-state index contributed by atoms with van der Waals surface area (Å²) in [6.07, 6.45) is 0. The maximum Gasteiger partial charge on any atom is 0.252 e. The van der Waals surface area contributed by atoms with Crippen molar-refractivity contribution in [3.05, 3.63) is 226 Å². The van der Waals surface area contributed by atoms with E-state index in [0.29, 0.717) is 17.5 Å². The van der Waals surface area contributed by atoms with Gasteiger partial charge in [-0.1, -0.05) is 263 Å². The van der Waals surface area contributed by atoms with Crippen LogP contribution in [-0.2, 0) is 43.3 Å². The topological polar surface area (TPSA) is 45.2 Å². The molecule has 14 rings (SSSR count). The first-order valence-corrected chi connectivity index (χ1v) is 36.2. The Labute approximate surface area is 591 Å². The van der Waals surface area contributed by atoms with Crippen LogP contribution in [0.25, 0.3) is 77.3 Å². The van der Waals surface area contributed by atoms with Crippen LogP contribution in [0.1, 0.15) is 211 Å². The minimum Gasteiger partial charge on any atom is -0.311 e. The lowest BCUT2D eigenvalue weighted by Crippen LogP contribution is -2.61. The highest BCUT2D eigenvalue weighted by molar-refractivity contribution is 7.00. The van der Waals surface area contributed by atoms with Gasteiger partial charge in [-0.2, -0.15) is 0 Å². The number of fused-ring (bicyclic) bond motifs is 10. The second-order valence-corrected chi connectivity index (χ2v) is 37.3. The van der Waals surface area contributed by atoms with Crippen molar-refractivity contribution < 1.29 is 0 Å². The van der Waals surface area contributed by atoms with Gasteiger partial charge >= 0.3 is 0 Å². The summed E-state index contributed by atoms with van der Waals surface area (Å²) < 4.78 is 0. The number of hydrogen-bond donors (Lipinski definition) is 0. The van der Waals surface area contributed by atoms with E-state index in [9.17, 15) is 0 Å². The molecule has 11 aromatic carbocycles. The van der Waals surface area contributed by atoms with Gasteiger partial charge in [0, 0.05) is 61.6 Å². The van der Waals surface area contributed by atoms with Crippen molar-refractivity contribution >= 4 is 100 Å². The van der Waals surface area contributed by atoms with Gasteiger partial charge in [-0.15, -0.1) is 0 Å². The third-order valence-electron chi connectivity index (χ3n) is 21.3. The maximum absolute atomic E-state index is 5.93. The summed E-state index contributed by atoms with van der Waals surface area (Å²) in [5.74, 6) is 1.91. The third kappa shape index (κ3) is 12.2. The van der Waals surface area contributed by atoms with Crippen LogP contribution in [0.15, 0.2) is 182 Å². The molecule has 0 saturated carbocycles. The molecule has 99 heavy (non-hydrogen) atoms. The average molecular weight is 1300 g/mol. The predicted octanol–water partition coefficient (Wildman–Crippen LogP) is 23.9. The van der Waals surface area contributed by atoms with Crippen LogP contribution < -0.4 is 26.2 Å². The fraction of sp³-hybridized carbons (Fsp3) is 0.344. The summed E-state index contributed by atoms with van der Waals surface area (Å²) in [5, 5.41) is 9.66. The molecule has 0 bridgehead atoms. The lowest BCUT2D eigenvalue weighted by molar-refractivity contribution is 0.568. The van der Waals surface area contributed by atoms with Crippen molar-refractivity contribution in [2.75, 3.05) is 9.80 Å². The van der Waals surface area contributed by atoms with Crippen LogP contribution in [0, 0.1) is 0 Å². The Morgan fingerprint density at radius 3 is 0.778 bits per heavy atom. The molecule has 502 valence electrons. The number of nitrogens with zero attached hydrogens (tertiary/aromatic N) is 5. The van der Waals surface area contributed by atoms with Crippen LogP contribution in [0.2, 0.25) is 0 Å². The van der Waals surface area contributed by atoms with E-state index in [1.165, 1.54) is 115 Å². The Morgan fingerprint density at radius 2 is 0.505 bits per heavy atom. The molecule has 0 atom stereocenters. The van der Waals surface area contributed by atoms with E-state index in [1.54, 1.807) is 0 Å². The Hall–Kier alpha value is -8.87. The van der Waals surface area contributed by atoms with Crippen molar-refractivity contribution in [3.8, 4) is 34.2 Å². The second-order valence-electron chi connectivity index (χ2n) is 37.3. The molecule has 0 fully saturated rings. The minimum atomic E-state index is -0.203. The lowest BCUT2D eigenvalue weighted by Gasteiger charge is -2.46. The van der Waals surface area contributed by atoms with Gasteiger partial charge < -0.3 is 9.80 Å². The van der Waals surface area contributed by atoms with Crippen molar-refractivity contribution in [2.45, 2.75) is 209 Å². The van der Waals surface area contributed by atoms with E-state index in [2.05, 4.69) is 358 Å².